The van der Waals surface area contributed by atoms with Crippen LogP contribution in [0, 0.1) is 0 Å². The van der Waals surface area contributed by atoms with Crippen LogP contribution in [0.15, 0.2) is 42.5 Å². The molecule has 1 aliphatic rings. The highest BCUT2D eigenvalue weighted by Crippen LogP contribution is 2.32. The molecule has 0 heterocycles. The lowest BCUT2D eigenvalue weighted by Crippen LogP contribution is -2.27. The van der Waals surface area contributed by atoms with E-state index in [2.05, 4.69) is 5.32 Å². The summed E-state index contributed by atoms with van der Waals surface area (Å²) in [5.74, 6) is 0.0658. The fraction of sp³-hybridized carbons (Fsp3) is 0.278. The van der Waals surface area contributed by atoms with Crippen LogP contribution in [0.4, 0.5) is 5.69 Å². The molecule has 0 aromatic heterocycles. The first kappa shape index (κ1) is 17.6. The van der Waals surface area contributed by atoms with Gasteiger partial charge in [-0.3, -0.25) is 4.79 Å². The summed E-state index contributed by atoms with van der Waals surface area (Å²) in [4.78, 5) is 12.2. The number of anilines is 1. The summed E-state index contributed by atoms with van der Waals surface area (Å²) < 4.78 is 0. The number of nitrogen functional groups attached to an aromatic ring is 1. The van der Waals surface area contributed by atoms with Gasteiger partial charge in [-0.2, -0.15) is 0 Å². The predicted octanol–water partition coefficient (Wildman–Crippen LogP) is 4.08. The number of aryl methyl sites for hydroxylation is 2. The molecule has 0 spiro atoms. The van der Waals surface area contributed by atoms with Crippen molar-refractivity contribution < 1.29 is 4.79 Å². The van der Waals surface area contributed by atoms with Gasteiger partial charge in [-0.05, 0) is 54.2 Å². The number of para-hydroxylation sites is 1. The highest BCUT2D eigenvalue weighted by Gasteiger charge is 2.23. The van der Waals surface area contributed by atoms with Crippen LogP contribution in [0.5, 0.6) is 0 Å². The van der Waals surface area contributed by atoms with Crippen LogP contribution in [0.1, 0.15) is 35.6 Å². The average Bonchev–Trinajstić information content (AvgIpc) is 2.88. The average molecular weight is 351 g/mol. The first-order chi connectivity index (χ1) is 10.6. The molecule has 1 aliphatic carbocycles. The van der Waals surface area contributed by atoms with Gasteiger partial charge >= 0.3 is 0 Å². The molecule has 1 amide bonds. The Labute approximate surface area is 147 Å². The van der Waals surface area contributed by atoms with Crippen molar-refractivity contribution in [2.24, 2.45) is 0 Å². The topological polar surface area (TPSA) is 55.1 Å². The number of carbonyl (C=O) groups is 1. The quantitative estimate of drug-likeness (QED) is 0.816. The van der Waals surface area contributed by atoms with E-state index >= 15 is 0 Å². The zero-order valence-corrected chi connectivity index (χ0v) is 14.3. The van der Waals surface area contributed by atoms with Gasteiger partial charge in [0.2, 0.25) is 5.91 Å². The van der Waals surface area contributed by atoms with Crippen LogP contribution in [0.3, 0.4) is 0 Å². The molecule has 0 radical (unpaired) electrons. The second kappa shape index (κ2) is 7.71. The number of nitrogens with two attached hydrogens (primary N) is 1. The molecule has 1 atom stereocenters. The zero-order valence-electron chi connectivity index (χ0n) is 12.7. The van der Waals surface area contributed by atoms with Crippen molar-refractivity contribution in [2.45, 2.75) is 31.7 Å². The number of nitrogens with one attached hydrogen (secondary N) is 1. The summed E-state index contributed by atoms with van der Waals surface area (Å²) in [6.45, 7) is 0. The molecule has 1 unspecified atom stereocenters. The first-order valence-corrected chi connectivity index (χ1v) is 7.92. The maximum Gasteiger partial charge on any atom is 0.220 e. The fourth-order valence-electron chi connectivity index (χ4n) is 3.01. The number of rotatable bonds is 4. The molecular weight excluding hydrogens is 331 g/mol. The molecule has 23 heavy (non-hydrogen) atoms. The lowest BCUT2D eigenvalue weighted by atomic mass is 10.1. The van der Waals surface area contributed by atoms with Crippen LogP contribution < -0.4 is 11.1 Å². The maximum atomic E-state index is 12.2. The van der Waals surface area contributed by atoms with Crippen LogP contribution >= 0.6 is 24.0 Å². The summed E-state index contributed by atoms with van der Waals surface area (Å²) in [7, 11) is 0. The van der Waals surface area contributed by atoms with Crippen molar-refractivity contribution in [1.82, 2.24) is 5.32 Å². The lowest BCUT2D eigenvalue weighted by Gasteiger charge is -2.14. The first-order valence-electron chi connectivity index (χ1n) is 7.54. The number of hydrogen-bond acceptors (Lipinski definition) is 2. The molecule has 2 aromatic carbocycles. The number of amides is 1. The van der Waals surface area contributed by atoms with Crippen molar-refractivity contribution in [3.05, 3.63) is 64.2 Å². The van der Waals surface area contributed by atoms with Gasteiger partial charge in [-0.25, -0.2) is 0 Å². The Bertz CT molecular complexity index is 703. The van der Waals surface area contributed by atoms with Crippen LogP contribution in [-0.2, 0) is 17.6 Å². The second-order valence-electron chi connectivity index (χ2n) is 5.70. The minimum Gasteiger partial charge on any atom is -0.399 e. The van der Waals surface area contributed by atoms with Crippen LogP contribution in [0.25, 0.3) is 0 Å². The van der Waals surface area contributed by atoms with Gasteiger partial charge in [0.15, 0.2) is 0 Å². The Balaban J connectivity index is 0.00000192. The van der Waals surface area contributed by atoms with Gasteiger partial charge in [0.1, 0.15) is 0 Å². The van der Waals surface area contributed by atoms with Crippen molar-refractivity contribution in [1.29, 1.82) is 0 Å². The van der Waals surface area contributed by atoms with E-state index in [9.17, 15) is 4.79 Å². The molecule has 3 N–H and O–H groups in total. The standard InChI is InChI=1S/C18H19ClN2O.ClH/c19-14-7-8-15-13(11-14)5-9-17(15)21-18(22)10-6-12-3-1-2-4-16(12)20;/h1-4,7-8,11,17H,5-6,9-10,20H2,(H,21,22);1H. The number of halogens is 2. The number of carbonyl (C=O) groups excluding carboxylic acids is 1. The number of fused-ring (bicyclic) bond motifs is 1. The van der Waals surface area contributed by atoms with Crippen molar-refractivity contribution in [3.63, 3.8) is 0 Å². The van der Waals surface area contributed by atoms with Gasteiger partial charge in [0.25, 0.3) is 0 Å². The van der Waals surface area contributed by atoms with Crippen molar-refractivity contribution in [2.75, 3.05) is 5.73 Å². The van der Waals surface area contributed by atoms with Crippen molar-refractivity contribution in [3.8, 4) is 0 Å². The Morgan fingerprint density at radius 2 is 2.04 bits per heavy atom. The summed E-state index contributed by atoms with van der Waals surface area (Å²) in [5, 5.41) is 3.88. The van der Waals surface area contributed by atoms with E-state index in [0.29, 0.717) is 12.8 Å². The SMILES string of the molecule is Cl.Nc1ccccc1CCC(=O)NC1CCc2cc(Cl)ccc21. The van der Waals surface area contributed by atoms with Crippen LogP contribution in [0.2, 0.25) is 5.02 Å². The Kier molecular flexibility index (Phi) is 5.91. The van der Waals surface area contributed by atoms with E-state index in [0.717, 1.165) is 29.1 Å². The summed E-state index contributed by atoms with van der Waals surface area (Å²) in [6.07, 6.45) is 3.02. The third kappa shape index (κ3) is 4.18. The van der Waals surface area contributed by atoms with E-state index in [4.69, 9.17) is 17.3 Å². The third-order valence-corrected chi connectivity index (χ3v) is 4.43. The van der Waals surface area contributed by atoms with Crippen LogP contribution in [-0.4, -0.2) is 5.91 Å². The highest BCUT2D eigenvalue weighted by molar-refractivity contribution is 6.30. The van der Waals surface area contributed by atoms with E-state index < -0.39 is 0 Å². The second-order valence-corrected chi connectivity index (χ2v) is 6.14. The van der Waals surface area contributed by atoms with E-state index in [1.807, 2.05) is 42.5 Å². The highest BCUT2D eigenvalue weighted by atomic mass is 35.5. The van der Waals surface area contributed by atoms with Gasteiger partial charge in [-0.1, -0.05) is 35.9 Å². The smallest absolute Gasteiger partial charge is 0.220 e. The van der Waals surface area contributed by atoms with Crippen molar-refractivity contribution >= 4 is 35.6 Å². The molecule has 5 heteroatoms. The van der Waals surface area contributed by atoms with E-state index in [1.165, 1.54) is 11.1 Å². The molecule has 122 valence electrons. The minimum atomic E-state index is 0. The van der Waals surface area contributed by atoms with Gasteiger partial charge in [-0.15, -0.1) is 12.4 Å². The summed E-state index contributed by atoms with van der Waals surface area (Å²) in [5.41, 5.74) is 10.1. The fourth-order valence-corrected chi connectivity index (χ4v) is 3.21. The maximum absolute atomic E-state index is 12.2. The van der Waals surface area contributed by atoms with Gasteiger partial charge in [0, 0.05) is 17.1 Å². The molecule has 3 rings (SSSR count). The Hall–Kier alpha value is -1.71. The van der Waals surface area contributed by atoms with E-state index in [-0.39, 0.29) is 24.4 Å². The van der Waals surface area contributed by atoms with Gasteiger partial charge < -0.3 is 11.1 Å². The van der Waals surface area contributed by atoms with Gasteiger partial charge in [0.05, 0.1) is 6.04 Å². The molecular formula is C18H20Cl2N2O. The molecule has 2 aromatic rings. The normalized spacial score (nSPS) is 15.6. The number of hydrogen-bond donors (Lipinski definition) is 2. The number of benzene rings is 2. The molecule has 0 saturated carbocycles. The minimum absolute atomic E-state index is 0. The summed E-state index contributed by atoms with van der Waals surface area (Å²) in [6, 6.07) is 13.7. The third-order valence-electron chi connectivity index (χ3n) is 4.19. The molecule has 0 saturated heterocycles. The summed E-state index contributed by atoms with van der Waals surface area (Å²) >= 11 is 6.01. The monoisotopic (exact) mass is 350 g/mol. The predicted molar refractivity (Wildman–Crippen MR) is 97.1 cm³/mol. The zero-order chi connectivity index (χ0) is 15.5. The Morgan fingerprint density at radius 3 is 2.83 bits per heavy atom. The molecule has 0 bridgehead atoms. The molecule has 0 aliphatic heterocycles. The lowest BCUT2D eigenvalue weighted by molar-refractivity contribution is -0.121. The molecule has 0 fully saturated rings. The molecule has 3 nitrogen and oxygen atoms in total. The Morgan fingerprint density at radius 1 is 1.26 bits per heavy atom. The largest absolute Gasteiger partial charge is 0.399 e. The van der Waals surface area contributed by atoms with E-state index in [1.54, 1.807) is 0 Å².